The van der Waals surface area contributed by atoms with Crippen molar-refractivity contribution in [2.45, 2.75) is 13.3 Å². The van der Waals surface area contributed by atoms with Crippen LogP contribution in [0.4, 0.5) is 0 Å². The van der Waals surface area contributed by atoms with E-state index in [1.54, 1.807) is 13.0 Å². The molecule has 0 aromatic heterocycles. The standard InChI is InChI=1S/C36H29O5P.BrH/c1-24-20-29-33(31(37)21-24)36(40)34-30(35(29)39)22-25(23-32(34)38)41-18-11-19-42(26-12-5-2-6-13-26,27-14-7-3-8-15-27)28-16-9-4-10-17-28;/h2-10,12-17,20-23H,11,18-19H2,1H3,(H-,37,38,40);1H. The van der Waals surface area contributed by atoms with Gasteiger partial charge in [0.25, 0.3) is 0 Å². The maximum absolute atomic E-state index is 13.4. The molecule has 0 saturated heterocycles. The molecule has 216 valence electrons. The number of halogens is 1. The van der Waals surface area contributed by atoms with Crippen molar-refractivity contribution in [2.24, 2.45) is 0 Å². The molecule has 1 aliphatic rings. The van der Waals surface area contributed by atoms with E-state index in [0.717, 1.165) is 6.16 Å². The van der Waals surface area contributed by atoms with Crippen molar-refractivity contribution in [1.82, 2.24) is 0 Å². The molecule has 0 atom stereocenters. The molecule has 7 heteroatoms. The molecule has 0 bridgehead atoms. The van der Waals surface area contributed by atoms with Crippen LogP contribution >= 0.6 is 7.26 Å². The molecule has 0 saturated carbocycles. The molecule has 5 aromatic carbocycles. The van der Waals surface area contributed by atoms with Crippen molar-refractivity contribution in [2.75, 3.05) is 12.8 Å². The van der Waals surface area contributed by atoms with E-state index in [1.165, 1.54) is 34.1 Å². The minimum Gasteiger partial charge on any atom is -1.00 e. The summed E-state index contributed by atoms with van der Waals surface area (Å²) in [6.07, 6.45) is 1.57. The molecule has 0 radical (unpaired) electrons. The molecule has 0 fully saturated rings. The molecule has 43 heavy (non-hydrogen) atoms. The first-order valence-electron chi connectivity index (χ1n) is 13.9. The van der Waals surface area contributed by atoms with Crippen LogP contribution in [0.5, 0.6) is 17.2 Å². The lowest BCUT2D eigenvalue weighted by molar-refractivity contribution is -0.0000250. The van der Waals surface area contributed by atoms with Gasteiger partial charge in [0, 0.05) is 23.6 Å². The van der Waals surface area contributed by atoms with Gasteiger partial charge in [-0.05, 0) is 67.1 Å². The fourth-order valence-corrected chi connectivity index (χ4v) is 10.2. The molecule has 0 heterocycles. The number of aryl methyl sites for hydroxylation is 1. The zero-order valence-electron chi connectivity index (χ0n) is 23.5. The van der Waals surface area contributed by atoms with Crippen molar-refractivity contribution in [3.8, 4) is 17.2 Å². The molecule has 5 aromatic rings. The van der Waals surface area contributed by atoms with E-state index in [4.69, 9.17) is 4.74 Å². The van der Waals surface area contributed by atoms with Crippen LogP contribution in [-0.4, -0.2) is 34.5 Å². The molecule has 0 amide bonds. The molecular weight excluding hydrogens is 623 g/mol. The van der Waals surface area contributed by atoms with Crippen LogP contribution in [0.25, 0.3) is 0 Å². The molecule has 5 nitrogen and oxygen atoms in total. The highest BCUT2D eigenvalue weighted by Crippen LogP contribution is 2.55. The van der Waals surface area contributed by atoms with E-state index in [2.05, 4.69) is 72.8 Å². The van der Waals surface area contributed by atoms with Gasteiger partial charge in [-0.15, -0.1) is 0 Å². The van der Waals surface area contributed by atoms with Crippen LogP contribution in [0.15, 0.2) is 115 Å². The first-order chi connectivity index (χ1) is 20.4. The Morgan fingerprint density at radius 3 is 1.60 bits per heavy atom. The highest BCUT2D eigenvalue weighted by Gasteiger charge is 2.44. The predicted molar refractivity (Wildman–Crippen MR) is 168 cm³/mol. The normalized spacial score (nSPS) is 12.2. The van der Waals surface area contributed by atoms with Gasteiger partial charge in [0.2, 0.25) is 5.78 Å². The zero-order chi connectivity index (χ0) is 29.3. The van der Waals surface area contributed by atoms with Crippen LogP contribution in [0.3, 0.4) is 0 Å². The van der Waals surface area contributed by atoms with Gasteiger partial charge < -0.3 is 31.9 Å². The van der Waals surface area contributed by atoms with Crippen molar-refractivity contribution < 1.29 is 41.5 Å². The Labute approximate surface area is 261 Å². The second-order valence-electron chi connectivity index (χ2n) is 10.5. The molecule has 0 unspecified atom stereocenters. The van der Waals surface area contributed by atoms with Crippen LogP contribution in [0.2, 0.25) is 0 Å². The summed E-state index contributed by atoms with van der Waals surface area (Å²) in [5, 5.41) is 25.0. The summed E-state index contributed by atoms with van der Waals surface area (Å²) in [7, 11) is -2.02. The smallest absolute Gasteiger partial charge is 0.201 e. The predicted octanol–water partition coefficient (Wildman–Crippen LogP) is 2.95. The van der Waals surface area contributed by atoms with Crippen LogP contribution in [-0.2, 0) is 0 Å². The Balaban J connectivity index is 0.00000368. The van der Waals surface area contributed by atoms with Gasteiger partial charge in [0.1, 0.15) is 40.4 Å². The quantitative estimate of drug-likeness (QED) is 0.195. The summed E-state index contributed by atoms with van der Waals surface area (Å²) in [6.45, 7) is 2.10. The number of benzene rings is 5. The SMILES string of the molecule is Cc1cc(O)c2c(c1)C(=O)c1cc(OCCC[P+](c3ccccc3)(c3ccccc3)c3ccccc3)cc(O)c1C2=O.[Br-]. The number of hydrogen-bond acceptors (Lipinski definition) is 5. The number of ketones is 2. The highest BCUT2D eigenvalue weighted by atomic mass is 79.9. The second-order valence-corrected chi connectivity index (χ2v) is 14.1. The van der Waals surface area contributed by atoms with Crippen LogP contribution in [0, 0.1) is 6.92 Å². The van der Waals surface area contributed by atoms with Gasteiger partial charge in [0.05, 0.1) is 23.9 Å². The van der Waals surface area contributed by atoms with E-state index >= 15 is 0 Å². The van der Waals surface area contributed by atoms with Crippen molar-refractivity contribution in [3.63, 3.8) is 0 Å². The summed E-state index contributed by atoms with van der Waals surface area (Å²) < 4.78 is 6.12. The maximum Gasteiger partial charge on any atom is 0.201 e. The third kappa shape index (κ3) is 5.49. The van der Waals surface area contributed by atoms with Crippen LogP contribution in [0.1, 0.15) is 43.8 Å². The third-order valence-electron chi connectivity index (χ3n) is 7.79. The average molecular weight is 654 g/mol. The van der Waals surface area contributed by atoms with E-state index in [0.29, 0.717) is 24.3 Å². The number of ether oxygens (including phenoxy) is 1. The summed E-state index contributed by atoms with van der Waals surface area (Å²) in [6, 6.07) is 37.7. The topological polar surface area (TPSA) is 83.8 Å². The van der Waals surface area contributed by atoms with E-state index < -0.39 is 18.8 Å². The fourth-order valence-electron chi connectivity index (χ4n) is 5.93. The van der Waals surface area contributed by atoms with Crippen LogP contribution < -0.4 is 37.6 Å². The third-order valence-corrected chi connectivity index (χ3v) is 12.3. The Hall–Kier alpha value is -4.25. The van der Waals surface area contributed by atoms with Crippen molar-refractivity contribution >= 4 is 34.7 Å². The summed E-state index contributed by atoms with van der Waals surface area (Å²) in [5.74, 6) is -1.30. The first kappa shape index (κ1) is 30.2. The average Bonchev–Trinajstić information content (AvgIpc) is 3.01. The van der Waals surface area contributed by atoms with Crippen molar-refractivity contribution in [1.29, 1.82) is 0 Å². The fraction of sp³-hybridized carbons (Fsp3) is 0.111. The molecule has 0 spiro atoms. The molecule has 1 aliphatic carbocycles. The number of fused-ring (bicyclic) bond motifs is 2. The minimum absolute atomic E-state index is 0. The summed E-state index contributed by atoms with van der Waals surface area (Å²) in [4.78, 5) is 26.6. The van der Waals surface area contributed by atoms with E-state index in [-0.39, 0.29) is 50.7 Å². The molecular formula is C36H30BrO5P. The van der Waals surface area contributed by atoms with E-state index in [9.17, 15) is 19.8 Å². The lowest BCUT2D eigenvalue weighted by Gasteiger charge is -2.27. The summed E-state index contributed by atoms with van der Waals surface area (Å²) in [5.41, 5.74) is 0.678. The number of phenolic OH excluding ortho intramolecular Hbond substituents is 2. The number of phenols is 2. The largest absolute Gasteiger partial charge is 1.00 e. The number of carbonyl (C=O) groups is 2. The van der Waals surface area contributed by atoms with E-state index in [1.807, 2.05) is 18.2 Å². The summed E-state index contributed by atoms with van der Waals surface area (Å²) >= 11 is 0. The zero-order valence-corrected chi connectivity index (χ0v) is 26.0. The first-order valence-corrected chi connectivity index (χ1v) is 15.9. The molecule has 0 aliphatic heterocycles. The molecule has 2 N–H and O–H groups in total. The van der Waals surface area contributed by atoms with Gasteiger partial charge >= 0.3 is 0 Å². The number of hydrogen-bond donors (Lipinski definition) is 2. The lowest BCUT2D eigenvalue weighted by Crippen LogP contribution is -3.00. The lowest BCUT2D eigenvalue weighted by atomic mass is 9.82. The maximum atomic E-state index is 13.4. The number of carbonyl (C=O) groups excluding carboxylic acids is 2. The van der Waals surface area contributed by atoms with Crippen molar-refractivity contribution in [3.05, 3.63) is 143 Å². The Kier molecular flexibility index (Phi) is 8.82. The Morgan fingerprint density at radius 2 is 1.09 bits per heavy atom. The number of aromatic hydroxyl groups is 2. The van der Waals surface area contributed by atoms with Gasteiger partial charge in [-0.1, -0.05) is 54.6 Å². The van der Waals surface area contributed by atoms with Gasteiger partial charge in [-0.2, -0.15) is 0 Å². The van der Waals surface area contributed by atoms with Gasteiger partial charge in [-0.25, -0.2) is 0 Å². The number of rotatable bonds is 8. The minimum atomic E-state index is -2.02. The Bertz CT molecular complexity index is 1690. The monoisotopic (exact) mass is 652 g/mol. The highest BCUT2D eigenvalue weighted by molar-refractivity contribution is 7.95. The van der Waals surface area contributed by atoms with Gasteiger partial charge in [-0.3, -0.25) is 9.59 Å². The second kappa shape index (κ2) is 12.5. The molecule has 6 rings (SSSR count). The Morgan fingerprint density at radius 1 is 0.628 bits per heavy atom. The van der Waals surface area contributed by atoms with Gasteiger partial charge in [0.15, 0.2) is 5.78 Å².